The van der Waals surface area contributed by atoms with Crippen molar-refractivity contribution in [1.29, 1.82) is 0 Å². The molecule has 1 heterocycles. The van der Waals surface area contributed by atoms with Gasteiger partial charge in [-0.1, -0.05) is 32.9 Å². The van der Waals surface area contributed by atoms with Gasteiger partial charge in [-0.05, 0) is 24.5 Å². The van der Waals surface area contributed by atoms with Crippen molar-refractivity contribution in [3.8, 4) is 17.0 Å². The van der Waals surface area contributed by atoms with Crippen LogP contribution >= 0.6 is 0 Å². The molecule has 2 N–H and O–H groups in total. The summed E-state index contributed by atoms with van der Waals surface area (Å²) in [6.07, 6.45) is 2.48. The third kappa shape index (κ3) is 2.90. The highest BCUT2D eigenvalue weighted by Crippen LogP contribution is 2.35. The Kier molecular flexibility index (Phi) is 4.56. The molecule has 0 aliphatic heterocycles. The van der Waals surface area contributed by atoms with Gasteiger partial charge in [0.2, 0.25) is 0 Å². The first kappa shape index (κ1) is 14.3. The van der Waals surface area contributed by atoms with E-state index in [4.69, 9.17) is 10.5 Å². The molecule has 0 atom stereocenters. The molecule has 0 unspecified atom stereocenters. The molecule has 0 aliphatic rings. The molecule has 2 rings (SSSR count). The van der Waals surface area contributed by atoms with Crippen LogP contribution in [0.15, 0.2) is 30.6 Å². The lowest BCUT2D eigenvalue weighted by Gasteiger charge is -2.16. The fraction of sp³-hybridized carbons (Fsp3) is 0.375. The fourth-order valence-electron chi connectivity index (χ4n) is 2.19. The van der Waals surface area contributed by atoms with Gasteiger partial charge in [0.05, 0.1) is 12.3 Å². The Labute approximate surface area is 120 Å². The van der Waals surface area contributed by atoms with Crippen molar-refractivity contribution in [2.24, 2.45) is 0 Å². The third-order valence-electron chi connectivity index (χ3n) is 3.10. The number of benzene rings is 1. The van der Waals surface area contributed by atoms with Crippen LogP contribution < -0.4 is 10.5 Å². The second kappa shape index (κ2) is 6.37. The van der Waals surface area contributed by atoms with Crippen LogP contribution in [0.2, 0.25) is 0 Å². The number of aromatic nitrogens is 2. The van der Waals surface area contributed by atoms with E-state index in [1.54, 1.807) is 0 Å². The highest BCUT2D eigenvalue weighted by Gasteiger charge is 2.17. The third-order valence-corrected chi connectivity index (χ3v) is 3.10. The van der Waals surface area contributed by atoms with Crippen molar-refractivity contribution in [2.45, 2.75) is 33.1 Å². The van der Waals surface area contributed by atoms with Crippen molar-refractivity contribution in [3.05, 3.63) is 36.2 Å². The molecule has 1 aromatic carbocycles. The molecule has 0 spiro atoms. The Morgan fingerprint density at radius 3 is 2.65 bits per heavy atom. The number of nitrogens with two attached hydrogens (primary N) is 1. The van der Waals surface area contributed by atoms with Crippen LogP contribution in [0, 0.1) is 0 Å². The van der Waals surface area contributed by atoms with E-state index < -0.39 is 0 Å². The van der Waals surface area contributed by atoms with E-state index in [9.17, 15) is 0 Å². The molecule has 0 radical (unpaired) electrons. The van der Waals surface area contributed by atoms with Crippen LogP contribution in [0.25, 0.3) is 11.3 Å². The Hall–Kier alpha value is -2.10. The minimum Gasteiger partial charge on any atom is -0.493 e. The molecule has 106 valence electrons. The average molecular weight is 271 g/mol. The van der Waals surface area contributed by atoms with E-state index in [-0.39, 0.29) is 5.92 Å². The van der Waals surface area contributed by atoms with Crippen LogP contribution in [0.1, 0.15) is 38.7 Å². The van der Waals surface area contributed by atoms with Crippen molar-refractivity contribution >= 4 is 5.82 Å². The van der Waals surface area contributed by atoms with Gasteiger partial charge in [-0.2, -0.15) is 0 Å². The standard InChI is InChI=1S/C16H21N3O/c1-4-9-20-13-8-6-5-7-12(13)15-14(11(2)3)16(17)19-10-18-15/h5-8,10-11H,4,9H2,1-3H3,(H2,17,18,19). The zero-order valence-corrected chi connectivity index (χ0v) is 12.3. The van der Waals surface area contributed by atoms with Gasteiger partial charge in [0.25, 0.3) is 0 Å². The van der Waals surface area contributed by atoms with Crippen molar-refractivity contribution < 1.29 is 4.74 Å². The lowest BCUT2D eigenvalue weighted by Crippen LogP contribution is -2.05. The number of hydrogen-bond acceptors (Lipinski definition) is 4. The van der Waals surface area contributed by atoms with Gasteiger partial charge in [-0.3, -0.25) is 0 Å². The monoisotopic (exact) mass is 271 g/mol. The zero-order chi connectivity index (χ0) is 14.5. The van der Waals surface area contributed by atoms with Gasteiger partial charge in [0, 0.05) is 11.1 Å². The molecule has 20 heavy (non-hydrogen) atoms. The molecule has 2 aromatic rings. The van der Waals surface area contributed by atoms with E-state index in [1.807, 2.05) is 24.3 Å². The summed E-state index contributed by atoms with van der Waals surface area (Å²) in [4.78, 5) is 8.53. The maximum Gasteiger partial charge on any atom is 0.130 e. The molecule has 0 amide bonds. The lowest BCUT2D eigenvalue weighted by molar-refractivity contribution is 0.318. The predicted octanol–water partition coefficient (Wildman–Crippen LogP) is 3.64. The topological polar surface area (TPSA) is 61.0 Å². The van der Waals surface area contributed by atoms with Crippen LogP contribution in [0.5, 0.6) is 5.75 Å². The molecule has 1 aromatic heterocycles. The second-order valence-electron chi connectivity index (χ2n) is 5.02. The van der Waals surface area contributed by atoms with Crippen molar-refractivity contribution in [2.75, 3.05) is 12.3 Å². The van der Waals surface area contributed by atoms with E-state index >= 15 is 0 Å². The predicted molar refractivity (Wildman–Crippen MR) is 81.8 cm³/mol. The Morgan fingerprint density at radius 2 is 1.95 bits per heavy atom. The van der Waals surface area contributed by atoms with Gasteiger partial charge in [-0.25, -0.2) is 9.97 Å². The molecule has 0 bridgehead atoms. The summed E-state index contributed by atoms with van der Waals surface area (Å²) in [6, 6.07) is 7.93. The highest BCUT2D eigenvalue weighted by molar-refractivity contribution is 5.73. The molecule has 4 nitrogen and oxygen atoms in total. The Balaban J connectivity index is 2.54. The number of rotatable bonds is 5. The first-order valence-corrected chi connectivity index (χ1v) is 6.97. The first-order valence-electron chi connectivity index (χ1n) is 6.97. The zero-order valence-electron chi connectivity index (χ0n) is 12.3. The van der Waals surface area contributed by atoms with E-state index in [0.717, 1.165) is 29.0 Å². The molecular formula is C16H21N3O. The molecule has 0 saturated carbocycles. The van der Waals surface area contributed by atoms with Crippen LogP contribution in [0.4, 0.5) is 5.82 Å². The lowest BCUT2D eigenvalue weighted by atomic mass is 9.97. The fourth-order valence-corrected chi connectivity index (χ4v) is 2.19. The molecule has 4 heteroatoms. The van der Waals surface area contributed by atoms with Crippen molar-refractivity contribution in [1.82, 2.24) is 9.97 Å². The number of anilines is 1. The number of hydrogen-bond donors (Lipinski definition) is 1. The average Bonchev–Trinajstić information content (AvgIpc) is 2.44. The van der Waals surface area contributed by atoms with E-state index in [1.165, 1.54) is 6.33 Å². The summed E-state index contributed by atoms with van der Waals surface area (Å²) < 4.78 is 5.81. The summed E-state index contributed by atoms with van der Waals surface area (Å²) in [5, 5.41) is 0. The summed E-state index contributed by atoms with van der Waals surface area (Å²) >= 11 is 0. The Morgan fingerprint density at radius 1 is 1.20 bits per heavy atom. The molecule has 0 saturated heterocycles. The van der Waals surface area contributed by atoms with Gasteiger partial charge >= 0.3 is 0 Å². The van der Waals surface area contributed by atoms with Gasteiger partial charge < -0.3 is 10.5 Å². The normalized spacial score (nSPS) is 10.8. The van der Waals surface area contributed by atoms with Crippen molar-refractivity contribution in [3.63, 3.8) is 0 Å². The number of nitrogens with zero attached hydrogens (tertiary/aromatic N) is 2. The van der Waals surface area contributed by atoms with Crippen LogP contribution in [-0.4, -0.2) is 16.6 Å². The number of para-hydroxylation sites is 1. The van der Waals surface area contributed by atoms with Gasteiger partial charge in [0.15, 0.2) is 0 Å². The minimum atomic E-state index is 0.255. The van der Waals surface area contributed by atoms with E-state index in [0.29, 0.717) is 12.4 Å². The first-order chi connectivity index (χ1) is 9.65. The minimum absolute atomic E-state index is 0.255. The smallest absolute Gasteiger partial charge is 0.130 e. The molecular weight excluding hydrogens is 250 g/mol. The maximum absolute atomic E-state index is 6.02. The van der Waals surface area contributed by atoms with E-state index in [2.05, 4.69) is 30.7 Å². The molecule has 0 aliphatic carbocycles. The quantitative estimate of drug-likeness (QED) is 0.902. The summed E-state index contributed by atoms with van der Waals surface area (Å²) in [5.74, 6) is 1.63. The van der Waals surface area contributed by atoms with Crippen LogP contribution in [-0.2, 0) is 0 Å². The summed E-state index contributed by atoms with van der Waals surface area (Å²) in [5.41, 5.74) is 8.82. The largest absolute Gasteiger partial charge is 0.493 e. The Bertz CT molecular complexity index is 582. The number of nitrogen functional groups attached to an aromatic ring is 1. The summed E-state index contributed by atoms with van der Waals surface area (Å²) in [7, 11) is 0. The second-order valence-corrected chi connectivity index (χ2v) is 5.02. The van der Waals surface area contributed by atoms with Gasteiger partial charge in [-0.15, -0.1) is 0 Å². The highest BCUT2D eigenvalue weighted by atomic mass is 16.5. The number of ether oxygens (including phenoxy) is 1. The SMILES string of the molecule is CCCOc1ccccc1-c1ncnc(N)c1C(C)C. The van der Waals surface area contributed by atoms with Crippen LogP contribution in [0.3, 0.4) is 0 Å². The molecule has 0 fully saturated rings. The summed E-state index contributed by atoms with van der Waals surface area (Å²) in [6.45, 7) is 6.96. The van der Waals surface area contributed by atoms with Gasteiger partial charge in [0.1, 0.15) is 17.9 Å². The maximum atomic E-state index is 6.02.